The van der Waals surface area contributed by atoms with Crippen molar-refractivity contribution in [2.75, 3.05) is 40.4 Å². The molecule has 2 rings (SSSR count). The zero-order chi connectivity index (χ0) is 36.5. The van der Waals surface area contributed by atoms with Gasteiger partial charge in [-0.05, 0) is 51.9 Å². The lowest BCUT2D eigenvalue weighted by molar-refractivity contribution is 0.0154. The van der Waals surface area contributed by atoms with Crippen LogP contribution in [0.4, 0.5) is 0 Å². The Hall–Kier alpha value is -1.30. The molecule has 5 heteroatoms. The average molecular weight is 715 g/mol. The minimum Gasteiger partial charge on any atom is -0.471 e. The van der Waals surface area contributed by atoms with Crippen molar-refractivity contribution in [1.29, 1.82) is 0 Å². The number of hydrogen-bond donors (Lipinski definition) is 0. The molecular weight excluding hydrogens is 629 g/mol. The lowest BCUT2D eigenvalue weighted by Crippen LogP contribution is -2.38. The topological polar surface area (TPSA) is 34.2 Å². The van der Waals surface area contributed by atoms with Crippen LogP contribution >= 0.6 is 0 Å². The van der Waals surface area contributed by atoms with E-state index in [0.717, 1.165) is 63.5 Å². The molecule has 2 unspecified atom stereocenters. The van der Waals surface area contributed by atoms with E-state index in [1.54, 1.807) is 0 Å². The first-order valence-electron chi connectivity index (χ1n) is 22.6. The molecule has 0 fully saturated rings. The van der Waals surface area contributed by atoms with Crippen LogP contribution in [-0.2, 0) is 4.74 Å². The number of unbranched alkanes of at least 4 members (excludes halogenated alkanes) is 24. The minimum atomic E-state index is 0.0263. The SMILES string of the molecule is CCCCCCCCCCCCCCCN(C)C1CCCOCCCC(N(C)CCCCCCCCCCCCCCC)Oc2ccccc2O1. The van der Waals surface area contributed by atoms with Crippen LogP contribution in [0.25, 0.3) is 0 Å². The predicted molar refractivity (Wildman–Crippen MR) is 221 cm³/mol. The Morgan fingerprint density at radius 3 is 1.06 bits per heavy atom. The van der Waals surface area contributed by atoms with Gasteiger partial charge in [-0.3, -0.25) is 9.80 Å². The quantitative estimate of drug-likeness (QED) is 0.0741. The minimum absolute atomic E-state index is 0.0263. The Kier molecular flexibility index (Phi) is 29.9. The van der Waals surface area contributed by atoms with Crippen LogP contribution < -0.4 is 9.47 Å². The maximum atomic E-state index is 6.77. The first kappa shape index (κ1) is 45.9. The van der Waals surface area contributed by atoms with Crippen molar-refractivity contribution in [1.82, 2.24) is 9.80 Å². The van der Waals surface area contributed by atoms with E-state index in [9.17, 15) is 0 Å². The molecule has 2 atom stereocenters. The third-order valence-electron chi connectivity index (χ3n) is 11.1. The van der Waals surface area contributed by atoms with Gasteiger partial charge in [-0.1, -0.05) is 180 Å². The highest BCUT2D eigenvalue weighted by molar-refractivity contribution is 5.39. The number of nitrogens with zero attached hydrogens (tertiary/aromatic N) is 2. The van der Waals surface area contributed by atoms with E-state index < -0.39 is 0 Å². The number of ether oxygens (including phenoxy) is 3. The van der Waals surface area contributed by atoms with Crippen molar-refractivity contribution in [3.8, 4) is 11.5 Å². The molecule has 51 heavy (non-hydrogen) atoms. The summed E-state index contributed by atoms with van der Waals surface area (Å²) in [5.41, 5.74) is 0. The molecule has 1 aromatic rings. The molecular formula is C46H86N2O3. The Balaban J connectivity index is 1.72. The molecule has 0 spiro atoms. The van der Waals surface area contributed by atoms with Gasteiger partial charge in [0.2, 0.25) is 0 Å². The summed E-state index contributed by atoms with van der Waals surface area (Å²) in [6.07, 6.45) is 40.1. The van der Waals surface area contributed by atoms with Crippen LogP contribution in [0.1, 0.15) is 206 Å². The molecule has 1 heterocycles. The van der Waals surface area contributed by atoms with Crippen molar-refractivity contribution in [2.45, 2.75) is 219 Å². The molecule has 0 saturated heterocycles. The van der Waals surface area contributed by atoms with E-state index in [4.69, 9.17) is 14.2 Å². The van der Waals surface area contributed by atoms with Gasteiger partial charge < -0.3 is 14.2 Å². The smallest absolute Gasteiger partial charge is 0.163 e. The van der Waals surface area contributed by atoms with Gasteiger partial charge in [0.1, 0.15) is 0 Å². The van der Waals surface area contributed by atoms with Crippen LogP contribution in [-0.4, -0.2) is 62.7 Å². The summed E-state index contributed by atoms with van der Waals surface area (Å²) in [6.45, 7) is 8.33. The van der Waals surface area contributed by atoms with E-state index in [1.165, 1.54) is 167 Å². The normalized spacial score (nSPS) is 17.4. The maximum absolute atomic E-state index is 6.77. The molecule has 0 saturated carbocycles. The van der Waals surface area contributed by atoms with Crippen molar-refractivity contribution in [2.24, 2.45) is 0 Å². The van der Waals surface area contributed by atoms with Gasteiger partial charge in [0.25, 0.3) is 0 Å². The van der Waals surface area contributed by atoms with E-state index in [1.807, 2.05) is 0 Å². The van der Waals surface area contributed by atoms with E-state index in [-0.39, 0.29) is 12.5 Å². The maximum Gasteiger partial charge on any atom is 0.163 e. The Labute approximate surface area is 318 Å². The summed E-state index contributed by atoms with van der Waals surface area (Å²) in [6, 6.07) is 8.36. The van der Waals surface area contributed by atoms with Crippen LogP contribution in [0.5, 0.6) is 11.5 Å². The lowest BCUT2D eigenvalue weighted by atomic mass is 10.0. The fraction of sp³-hybridized carbons (Fsp3) is 0.870. The molecule has 0 bridgehead atoms. The molecule has 0 aliphatic carbocycles. The average Bonchev–Trinajstić information content (AvgIpc) is 3.16. The van der Waals surface area contributed by atoms with Gasteiger partial charge >= 0.3 is 0 Å². The highest BCUT2D eigenvalue weighted by atomic mass is 16.5. The largest absolute Gasteiger partial charge is 0.471 e. The van der Waals surface area contributed by atoms with Crippen molar-refractivity contribution < 1.29 is 14.2 Å². The van der Waals surface area contributed by atoms with Crippen LogP contribution in [0.3, 0.4) is 0 Å². The molecule has 298 valence electrons. The second kappa shape index (κ2) is 33.3. The van der Waals surface area contributed by atoms with Gasteiger partial charge in [-0.15, -0.1) is 0 Å². The molecule has 1 aliphatic rings. The van der Waals surface area contributed by atoms with E-state index in [2.05, 4.69) is 62.0 Å². The number of rotatable bonds is 30. The fourth-order valence-corrected chi connectivity index (χ4v) is 7.54. The second-order valence-corrected chi connectivity index (χ2v) is 15.9. The standard InChI is InChI=1S/C46H86N2O3/c1-5-7-9-11-13-15-17-19-21-23-25-27-31-39-47(3)45-37-33-41-49-42-34-38-46(51-44-36-30-29-35-43(44)50-45)48(4)40-32-28-26-24-22-20-18-16-14-12-10-8-6-2/h29-30,35-36,45-46H,5-28,31-34,37-42H2,1-4H3. The first-order valence-corrected chi connectivity index (χ1v) is 22.6. The van der Waals surface area contributed by atoms with Gasteiger partial charge in [0.15, 0.2) is 24.0 Å². The molecule has 0 amide bonds. The van der Waals surface area contributed by atoms with Gasteiger partial charge in [-0.25, -0.2) is 0 Å². The van der Waals surface area contributed by atoms with E-state index >= 15 is 0 Å². The highest BCUT2D eigenvalue weighted by Crippen LogP contribution is 2.31. The summed E-state index contributed by atoms with van der Waals surface area (Å²) in [4.78, 5) is 4.85. The Morgan fingerprint density at radius 2 is 0.745 bits per heavy atom. The number of hydrogen-bond acceptors (Lipinski definition) is 5. The highest BCUT2D eigenvalue weighted by Gasteiger charge is 2.22. The van der Waals surface area contributed by atoms with Gasteiger partial charge in [0.05, 0.1) is 0 Å². The van der Waals surface area contributed by atoms with Crippen LogP contribution in [0.2, 0.25) is 0 Å². The Bertz CT molecular complexity index is 813. The Morgan fingerprint density at radius 1 is 0.451 bits per heavy atom. The third-order valence-corrected chi connectivity index (χ3v) is 11.1. The van der Waals surface area contributed by atoms with Crippen LogP contribution in [0.15, 0.2) is 24.3 Å². The summed E-state index contributed by atoms with van der Waals surface area (Å²) < 4.78 is 19.6. The molecule has 1 aromatic carbocycles. The fourth-order valence-electron chi connectivity index (χ4n) is 7.54. The molecule has 0 N–H and O–H groups in total. The summed E-state index contributed by atoms with van der Waals surface area (Å²) >= 11 is 0. The van der Waals surface area contributed by atoms with Crippen LogP contribution in [0, 0.1) is 0 Å². The third kappa shape index (κ3) is 24.6. The first-order chi connectivity index (χ1) is 25.2. The number of fused-ring (bicyclic) bond motifs is 1. The monoisotopic (exact) mass is 715 g/mol. The predicted octanol–water partition coefficient (Wildman–Crippen LogP) is 13.7. The van der Waals surface area contributed by atoms with E-state index in [0.29, 0.717) is 0 Å². The summed E-state index contributed by atoms with van der Waals surface area (Å²) in [5, 5.41) is 0. The lowest BCUT2D eigenvalue weighted by Gasteiger charge is -2.31. The molecule has 0 aromatic heterocycles. The number of para-hydroxylation sites is 2. The molecule has 1 aliphatic heterocycles. The number of benzene rings is 1. The summed E-state index contributed by atoms with van der Waals surface area (Å²) in [5.74, 6) is 1.75. The molecule has 0 radical (unpaired) electrons. The van der Waals surface area contributed by atoms with Gasteiger partial charge in [0, 0.05) is 39.1 Å². The zero-order valence-electron chi connectivity index (χ0n) is 34.6. The summed E-state index contributed by atoms with van der Waals surface area (Å²) in [7, 11) is 4.47. The van der Waals surface area contributed by atoms with Gasteiger partial charge in [-0.2, -0.15) is 0 Å². The molecule has 5 nitrogen and oxygen atoms in total. The second-order valence-electron chi connectivity index (χ2n) is 15.9. The van der Waals surface area contributed by atoms with Crippen molar-refractivity contribution >= 4 is 0 Å². The zero-order valence-corrected chi connectivity index (χ0v) is 34.6. The van der Waals surface area contributed by atoms with Crippen molar-refractivity contribution in [3.63, 3.8) is 0 Å². The van der Waals surface area contributed by atoms with Crippen molar-refractivity contribution in [3.05, 3.63) is 24.3 Å².